The minimum Gasteiger partial charge on any atom is -0.373 e. The van der Waals surface area contributed by atoms with E-state index in [0.717, 1.165) is 18.1 Å². The standard InChI is InChI=1S/C14H23N3/c1-11-6-4-7-12(2)17(11)10-13-8-5-9-14(15-3)16-13/h5,8-9,11-12H,4,6-7,10H2,1-3H3,(H,15,16)/t11-,12+. The normalized spacial score (nSPS) is 25.8. The Morgan fingerprint density at radius 3 is 2.65 bits per heavy atom. The molecule has 1 saturated heterocycles. The molecule has 0 spiro atoms. The Bertz CT molecular complexity index is 354. The van der Waals surface area contributed by atoms with Crippen molar-refractivity contribution in [2.45, 2.75) is 51.7 Å². The quantitative estimate of drug-likeness (QED) is 0.870. The second-order valence-corrected chi connectivity index (χ2v) is 5.07. The second-order valence-electron chi connectivity index (χ2n) is 5.07. The van der Waals surface area contributed by atoms with Crippen LogP contribution in [0, 0.1) is 0 Å². The molecule has 1 aliphatic heterocycles. The first-order valence-corrected chi connectivity index (χ1v) is 6.60. The molecule has 1 N–H and O–H groups in total. The average molecular weight is 233 g/mol. The summed E-state index contributed by atoms with van der Waals surface area (Å²) < 4.78 is 0. The molecule has 1 aliphatic rings. The number of likely N-dealkylation sites (tertiary alicyclic amines) is 1. The fourth-order valence-corrected chi connectivity index (χ4v) is 2.68. The summed E-state index contributed by atoms with van der Waals surface area (Å²) in [5, 5.41) is 3.10. The van der Waals surface area contributed by atoms with Gasteiger partial charge in [0.2, 0.25) is 0 Å². The number of anilines is 1. The number of piperidine rings is 1. The van der Waals surface area contributed by atoms with Crippen LogP contribution in [0.2, 0.25) is 0 Å². The summed E-state index contributed by atoms with van der Waals surface area (Å²) in [5.74, 6) is 0.958. The number of nitrogens with zero attached hydrogens (tertiary/aromatic N) is 2. The van der Waals surface area contributed by atoms with E-state index in [1.165, 1.54) is 19.3 Å². The van der Waals surface area contributed by atoms with Crippen molar-refractivity contribution in [3.8, 4) is 0 Å². The third kappa shape index (κ3) is 2.97. The van der Waals surface area contributed by atoms with Crippen LogP contribution in [0.4, 0.5) is 5.82 Å². The van der Waals surface area contributed by atoms with E-state index in [1.807, 2.05) is 13.1 Å². The Kier molecular flexibility index (Phi) is 4.00. The van der Waals surface area contributed by atoms with Crippen LogP contribution in [0.1, 0.15) is 38.8 Å². The molecule has 0 aromatic carbocycles. The maximum absolute atomic E-state index is 4.60. The topological polar surface area (TPSA) is 28.2 Å². The first kappa shape index (κ1) is 12.4. The number of nitrogens with one attached hydrogen (secondary N) is 1. The number of hydrogen-bond donors (Lipinski definition) is 1. The van der Waals surface area contributed by atoms with Crippen LogP contribution in [0.5, 0.6) is 0 Å². The molecule has 0 aliphatic carbocycles. The summed E-state index contributed by atoms with van der Waals surface area (Å²) >= 11 is 0. The van der Waals surface area contributed by atoms with E-state index in [4.69, 9.17) is 0 Å². The molecule has 0 saturated carbocycles. The lowest BCUT2D eigenvalue weighted by atomic mass is 9.97. The van der Waals surface area contributed by atoms with Gasteiger partial charge in [0.1, 0.15) is 5.82 Å². The molecule has 0 unspecified atom stereocenters. The summed E-state index contributed by atoms with van der Waals surface area (Å²) in [5.41, 5.74) is 1.16. The number of hydrogen-bond acceptors (Lipinski definition) is 3. The van der Waals surface area contributed by atoms with Crippen molar-refractivity contribution in [2.75, 3.05) is 12.4 Å². The van der Waals surface area contributed by atoms with Gasteiger partial charge < -0.3 is 5.32 Å². The highest BCUT2D eigenvalue weighted by atomic mass is 15.2. The van der Waals surface area contributed by atoms with Crippen molar-refractivity contribution in [1.82, 2.24) is 9.88 Å². The number of pyridine rings is 1. The molecule has 0 amide bonds. The highest BCUT2D eigenvalue weighted by molar-refractivity contribution is 5.34. The van der Waals surface area contributed by atoms with E-state index in [9.17, 15) is 0 Å². The van der Waals surface area contributed by atoms with Gasteiger partial charge in [-0.15, -0.1) is 0 Å². The summed E-state index contributed by atoms with van der Waals surface area (Å²) in [4.78, 5) is 7.18. The third-order valence-electron chi connectivity index (χ3n) is 3.78. The average Bonchev–Trinajstić information content (AvgIpc) is 2.34. The van der Waals surface area contributed by atoms with Crippen molar-refractivity contribution < 1.29 is 0 Å². The van der Waals surface area contributed by atoms with Crippen molar-refractivity contribution in [3.63, 3.8) is 0 Å². The largest absolute Gasteiger partial charge is 0.373 e. The predicted octanol–water partition coefficient (Wildman–Crippen LogP) is 2.89. The molecule has 2 rings (SSSR count). The second kappa shape index (κ2) is 5.50. The van der Waals surface area contributed by atoms with Crippen LogP contribution in [0.15, 0.2) is 18.2 Å². The zero-order chi connectivity index (χ0) is 12.3. The van der Waals surface area contributed by atoms with E-state index in [2.05, 4.69) is 41.2 Å². The molecule has 1 aromatic rings. The van der Waals surface area contributed by atoms with Crippen molar-refractivity contribution in [2.24, 2.45) is 0 Å². The van der Waals surface area contributed by atoms with Gasteiger partial charge in [0.25, 0.3) is 0 Å². The lowest BCUT2D eigenvalue weighted by Gasteiger charge is -2.38. The van der Waals surface area contributed by atoms with E-state index in [0.29, 0.717) is 12.1 Å². The molecule has 0 radical (unpaired) electrons. The molecule has 1 fully saturated rings. The maximum atomic E-state index is 4.60. The zero-order valence-electron chi connectivity index (χ0n) is 11.1. The smallest absolute Gasteiger partial charge is 0.126 e. The van der Waals surface area contributed by atoms with Crippen LogP contribution >= 0.6 is 0 Å². The van der Waals surface area contributed by atoms with Gasteiger partial charge in [-0.3, -0.25) is 4.90 Å². The maximum Gasteiger partial charge on any atom is 0.126 e. The molecular weight excluding hydrogens is 210 g/mol. The van der Waals surface area contributed by atoms with E-state index in [1.54, 1.807) is 0 Å². The lowest BCUT2D eigenvalue weighted by Crippen LogP contribution is -2.43. The van der Waals surface area contributed by atoms with E-state index < -0.39 is 0 Å². The van der Waals surface area contributed by atoms with Gasteiger partial charge in [0, 0.05) is 25.7 Å². The molecule has 94 valence electrons. The van der Waals surface area contributed by atoms with Crippen molar-refractivity contribution in [3.05, 3.63) is 23.9 Å². The Labute approximate surface area is 104 Å². The predicted molar refractivity (Wildman–Crippen MR) is 72.1 cm³/mol. The van der Waals surface area contributed by atoms with Gasteiger partial charge >= 0.3 is 0 Å². The molecule has 2 heterocycles. The molecule has 3 nitrogen and oxygen atoms in total. The van der Waals surface area contributed by atoms with Crippen molar-refractivity contribution >= 4 is 5.82 Å². The summed E-state index contributed by atoms with van der Waals surface area (Å²) in [6, 6.07) is 7.56. The highest BCUT2D eigenvalue weighted by Crippen LogP contribution is 2.24. The molecule has 3 heteroatoms. The summed E-state index contributed by atoms with van der Waals surface area (Å²) in [7, 11) is 1.91. The molecule has 2 atom stereocenters. The zero-order valence-corrected chi connectivity index (χ0v) is 11.1. The molecule has 1 aromatic heterocycles. The Hall–Kier alpha value is -1.09. The van der Waals surface area contributed by atoms with Gasteiger partial charge in [-0.1, -0.05) is 12.5 Å². The first-order valence-electron chi connectivity index (χ1n) is 6.60. The monoisotopic (exact) mass is 233 g/mol. The summed E-state index contributed by atoms with van der Waals surface area (Å²) in [6.45, 7) is 5.63. The van der Waals surface area contributed by atoms with Gasteiger partial charge in [0.05, 0.1) is 5.69 Å². The first-order chi connectivity index (χ1) is 8.20. The SMILES string of the molecule is CNc1cccc(CN2[C@H](C)CCC[C@@H]2C)n1. The van der Waals surface area contributed by atoms with Crippen LogP contribution in [0.25, 0.3) is 0 Å². The van der Waals surface area contributed by atoms with Crippen LogP contribution in [-0.4, -0.2) is 29.0 Å². The lowest BCUT2D eigenvalue weighted by molar-refractivity contribution is 0.0939. The Balaban J connectivity index is 2.07. The van der Waals surface area contributed by atoms with Gasteiger partial charge in [0.15, 0.2) is 0 Å². The molecule has 17 heavy (non-hydrogen) atoms. The van der Waals surface area contributed by atoms with Crippen LogP contribution in [0.3, 0.4) is 0 Å². The number of rotatable bonds is 3. The Morgan fingerprint density at radius 2 is 2.00 bits per heavy atom. The molecule has 0 bridgehead atoms. The fourth-order valence-electron chi connectivity index (χ4n) is 2.68. The van der Waals surface area contributed by atoms with Crippen LogP contribution in [-0.2, 0) is 6.54 Å². The highest BCUT2D eigenvalue weighted by Gasteiger charge is 2.24. The van der Waals surface area contributed by atoms with Gasteiger partial charge in [-0.2, -0.15) is 0 Å². The minimum atomic E-state index is 0.679. The summed E-state index contributed by atoms with van der Waals surface area (Å²) in [6.07, 6.45) is 3.99. The number of aromatic nitrogens is 1. The third-order valence-corrected chi connectivity index (χ3v) is 3.78. The fraction of sp³-hybridized carbons (Fsp3) is 0.643. The molecular formula is C14H23N3. The Morgan fingerprint density at radius 1 is 1.29 bits per heavy atom. The van der Waals surface area contributed by atoms with E-state index >= 15 is 0 Å². The van der Waals surface area contributed by atoms with Crippen LogP contribution < -0.4 is 5.32 Å². The van der Waals surface area contributed by atoms with Gasteiger partial charge in [-0.25, -0.2) is 4.98 Å². The van der Waals surface area contributed by atoms with Crippen molar-refractivity contribution in [1.29, 1.82) is 0 Å². The van der Waals surface area contributed by atoms with E-state index in [-0.39, 0.29) is 0 Å². The minimum absolute atomic E-state index is 0.679. The van der Waals surface area contributed by atoms with Gasteiger partial charge in [-0.05, 0) is 38.8 Å².